The molecule has 25 heavy (non-hydrogen) atoms. The van der Waals surface area contributed by atoms with Crippen molar-refractivity contribution in [1.82, 2.24) is 10.2 Å². The Morgan fingerprint density at radius 1 is 1.04 bits per heavy atom. The van der Waals surface area contributed by atoms with E-state index in [4.69, 9.17) is 4.42 Å². The highest BCUT2D eigenvalue weighted by molar-refractivity contribution is 7.99. The standard InChI is InChI=1S/C19H19N3O2S/c1-2-25-16-10-8-15(9-11-16)12-17(23)20-19-22-21-18(24-19)13-14-6-4-3-5-7-14/h3-11H,2,12-13H2,1H3,(H,20,22,23). The summed E-state index contributed by atoms with van der Waals surface area (Å²) in [4.78, 5) is 13.3. The first-order valence-electron chi connectivity index (χ1n) is 8.11. The second-order valence-electron chi connectivity index (χ2n) is 5.47. The average Bonchev–Trinajstić information content (AvgIpc) is 3.04. The molecule has 0 aliphatic rings. The molecule has 0 aliphatic carbocycles. The summed E-state index contributed by atoms with van der Waals surface area (Å²) < 4.78 is 5.49. The maximum absolute atomic E-state index is 12.1. The summed E-state index contributed by atoms with van der Waals surface area (Å²) in [5.41, 5.74) is 2.02. The van der Waals surface area contributed by atoms with Gasteiger partial charge in [-0.05, 0) is 29.0 Å². The van der Waals surface area contributed by atoms with Crippen molar-refractivity contribution < 1.29 is 9.21 Å². The monoisotopic (exact) mass is 353 g/mol. The largest absolute Gasteiger partial charge is 0.407 e. The van der Waals surface area contributed by atoms with Crippen molar-refractivity contribution in [1.29, 1.82) is 0 Å². The van der Waals surface area contributed by atoms with Gasteiger partial charge in [-0.15, -0.1) is 16.9 Å². The first-order valence-corrected chi connectivity index (χ1v) is 9.09. The number of anilines is 1. The lowest BCUT2D eigenvalue weighted by atomic mass is 10.1. The zero-order valence-electron chi connectivity index (χ0n) is 13.9. The molecule has 1 amide bonds. The van der Waals surface area contributed by atoms with Crippen LogP contribution in [0.15, 0.2) is 63.9 Å². The van der Waals surface area contributed by atoms with Crippen LogP contribution < -0.4 is 5.32 Å². The fraction of sp³-hybridized carbons (Fsp3) is 0.211. The number of thioether (sulfide) groups is 1. The summed E-state index contributed by atoms with van der Waals surface area (Å²) >= 11 is 1.78. The van der Waals surface area contributed by atoms with E-state index in [1.807, 2.05) is 54.6 Å². The normalized spacial score (nSPS) is 10.6. The van der Waals surface area contributed by atoms with E-state index in [0.29, 0.717) is 12.3 Å². The summed E-state index contributed by atoms with van der Waals surface area (Å²) in [7, 11) is 0. The minimum atomic E-state index is -0.175. The van der Waals surface area contributed by atoms with Gasteiger partial charge in [-0.3, -0.25) is 10.1 Å². The number of amides is 1. The topological polar surface area (TPSA) is 68.0 Å². The molecule has 2 aromatic carbocycles. The fourth-order valence-electron chi connectivity index (χ4n) is 2.37. The van der Waals surface area contributed by atoms with Crippen molar-refractivity contribution in [2.24, 2.45) is 0 Å². The molecule has 0 fully saturated rings. The molecular weight excluding hydrogens is 334 g/mol. The minimum absolute atomic E-state index is 0.133. The summed E-state index contributed by atoms with van der Waals surface area (Å²) in [6.07, 6.45) is 0.813. The molecule has 1 N–H and O–H groups in total. The summed E-state index contributed by atoms with van der Waals surface area (Å²) in [5, 5.41) is 10.5. The highest BCUT2D eigenvalue weighted by Crippen LogP contribution is 2.18. The van der Waals surface area contributed by atoms with Crippen LogP contribution in [0.3, 0.4) is 0 Å². The number of carbonyl (C=O) groups excluding carboxylic acids is 1. The lowest BCUT2D eigenvalue weighted by Gasteiger charge is -2.03. The molecular formula is C19H19N3O2S. The molecule has 0 spiro atoms. The predicted octanol–water partition coefficient (Wildman–Crippen LogP) is 3.95. The third kappa shape index (κ3) is 5.19. The number of carbonyl (C=O) groups is 1. The van der Waals surface area contributed by atoms with E-state index in [-0.39, 0.29) is 18.3 Å². The van der Waals surface area contributed by atoms with Crippen molar-refractivity contribution in [3.05, 3.63) is 71.6 Å². The van der Waals surface area contributed by atoms with E-state index in [2.05, 4.69) is 22.4 Å². The average molecular weight is 353 g/mol. The van der Waals surface area contributed by atoms with Crippen LogP contribution in [0.2, 0.25) is 0 Å². The lowest BCUT2D eigenvalue weighted by Crippen LogP contribution is -2.14. The smallest absolute Gasteiger partial charge is 0.322 e. The first-order chi connectivity index (χ1) is 12.2. The second-order valence-corrected chi connectivity index (χ2v) is 6.80. The molecule has 0 radical (unpaired) electrons. The first kappa shape index (κ1) is 17.2. The molecule has 128 valence electrons. The van der Waals surface area contributed by atoms with E-state index < -0.39 is 0 Å². The van der Waals surface area contributed by atoms with Gasteiger partial charge in [0.05, 0.1) is 12.8 Å². The van der Waals surface area contributed by atoms with Gasteiger partial charge in [-0.2, -0.15) is 0 Å². The Labute approximate surface area is 150 Å². The Kier molecular flexibility index (Phi) is 5.85. The number of benzene rings is 2. The molecule has 0 saturated heterocycles. The van der Waals surface area contributed by atoms with Gasteiger partial charge in [0.25, 0.3) is 0 Å². The van der Waals surface area contributed by atoms with Gasteiger partial charge >= 0.3 is 6.01 Å². The SMILES string of the molecule is CCSc1ccc(CC(=O)Nc2nnc(Cc3ccccc3)o2)cc1. The summed E-state index contributed by atoms with van der Waals surface area (Å²) in [6, 6.07) is 18.0. The van der Waals surface area contributed by atoms with Gasteiger partial charge in [0.1, 0.15) is 0 Å². The van der Waals surface area contributed by atoms with Crippen molar-refractivity contribution in [2.75, 3.05) is 11.1 Å². The lowest BCUT2D eigenvalue weighted by molar-refractivity contribution is -0.115. The molecule has 0 atom stereocenters. The zero-order chi connectivity index (χ0) is 17.5. The second kappa shape index (κ2) is 8.48. The van der Waals surface area contributed by atoms with Crippen molar-refractivity contribution in [3.63, 3.8) is 0 Å². The van der Waals surface area contributed by atoms with Gasteiger partial charge in [0.2, 0.25) is 11.8 Å². The number of nitrogens with zero attached hydrogens (tertiary/aromatic N) is 2. The Bertz CT molecular complexity index is 816. The molecule has 1 heterocycles. The highest BCUT2D eigenvalue weighted by Gasteiger charge is 2.11. The summed E-state index contributed by atoms with van der Waals surface area (Å²) in [5.74, 6) is 1.33. The summed E-state index contributed by atoms with van der Waals surface area (Å²) in [6.45, 7) is 2.11. The maximum Gasteiger partial charge on any atom is 0.322 e. The molecule has 0 saturated carbocycles. The van der Waals surface area contributed by atoms with Crippen molar-refractivity contribution in [3.8, 4) is 0 Å². The van der Waals surface area contributed by atoms with Crippen molar-refractivity contribution >= 4 is 23.7 Å². The molecule has 0 unspecified atom stereocenters. The van der Waals surface area contributed by atoms with Crippen LogP contribution in [0.5, 0.6) is 0 Å². The third-order valence-corrected chi connectivity index (χ3v) is 4.40. The van der Waals surface area contributed by atoms with Crippen molar-refractivity contribution in [2.45, 2.75) is 24.7 Å². The van der Waals surface area contributed by atoms with Crippen LogP contribution >= 0.6 is 11.8 Å². The Morgan fingerprint density at radius 3 is 2.52 bits per heavy atom. The molecule has 6 heteroatoms. The van der Waals surface area contributed by atoms with E-state index in [1.165, 1.54) is 4.90 Å². The van der Waals surface area contributed by atoms with Crippen LogP contribution in [0.1, 0.15) is 23.9 Å². The van der Waals surface area contributed by atoms with Gasteiger partial charge in [0.15, 0.2) is 0 Å². The molecule has 3 rings (SSSR count). The third-order valence-electron chi connectivity index (χ3n) is 3.51. The van der Waals surface area contributed by atoms with Crippen LogP contribution in [0, 0.1) is 0 Å². The van der Waals surface area contributed by atoms with Crippen LogP contribution in [0.4, 0.5) is 6.01 Å². The Hall–Kier alpha value is -2.60. The highest BCUT2D eigenvalue weighted by atomic mass is 32.2. The molecule has 1 aromatic heterocycles. The van der Waals surface area contributed by atoms with E-state index in [1.54, 1.807) is 11.8 Å². The molecule has 3 aromatic rings. The minimum Gasteiger partial charge on any atom is -0.407 e. The van der Waals surface area contributed by atoms with Crippen LogP contribution in [-0.4, -0.2) is 21.9 Å². The number of hydrogen-bond donors (Lipinski definition) is 1. The zero-order valence-corrected chi connectivity index (χ0v) is 14.8. The number of aromatic nitrogens is 2. The van der Waals surface area contributed by atoms with Crippen LogP contribution in [0.25, 0.3) is 0 Å². The van der Waals surface area contributed by atoms with Gasteiger partial charge in [-0.1, -0.05) is 54.5 Å². The quantitative estimate of drug-likeness (QED) is 0.651. The van der Waals surface area contributed by atoms with Gasteiger partial charge in [-0.25, -0.2) is 0 Å². The van der Waals surface area contributed by atoms with Gasteiger partial charge in [0, 0.05) is 4.90 Å². The van der Waals surface area contributed by atoms with E-state index in [9.17, 15) is 4.79 Å². The molecule has 0 bridgehead atoms. The van der Waals surface area contributed by atoms with Crippen LogP contribution in [-0.2, 0) is 17.6 Å². The maximum atomic E-state index is 12.1. The predicted molar refractivity (Wildman–Crippen MR) is 98.7 cm³/mol. The number of nitrogens with one attached hydrogen (secondary N) is 1. The fourth-order valence-corrected chi connectivity index (χ4v) is 3.03. The van der Waals surface area contributed by atoms with E-state index >= 15 is 0 Å². The van der Waals surface area contributed by atoms with Gasteiger partial charge < -0.3 is 4.42 Å². The van der Waals surface area contributed by atoms with E-state index in [0.717, 1.165) is 16.9 Å². The number of rotatable bonds is 7. The number of hydrogen-bond acceptors (Lipinski definition) is 5. The molecule has 0 aliphatic heterocycles. The Morgan fingerprint density at radius 2 is 1.80 bits per heavy atom. The molecule has 5 nitrogen and oxygen atoms in total. The Balaban J connectivity index is 1.54.